The summed E-state index contributed by atoms with van der Waals surface area (Å²) in [5, 5.41) is 21.4. The number of amides is 2. The number of thioether (sulfide) groups is 1. The fraction of sp³-hybridized carbons (Fsp3) is 0.520. The van der Waals surface area contributed by atoms with Gasteiger partial charge in [0.05, 0.1) is 16.9 Å². The molecule has 0 spiro atoms. The molecule has 3 heterocycles. The molecule has 0 unspecified atom stereocenters. The van der Waals surface area contributed by atoms with Crippen LogP contribution in [0.1, 0.15) is 43.0 Å². The normalized spacial score (nSPS) is 33.7. The first-order chi connectivity index (χ1) is 16.7. The number of hydrogen-bond acceptors (Lipinski definition) is 7. The predicted molar refractivity (Wildman–Crippen MR) is 129 cm³/mol. The fourth-order valence-electron chi connectivity index (χ4n) is 7.21. The highest BCUT2D eigenvalue weighted by Gasteiger charge is 2.70. The van der Waals surface area contributed by atoms with E-state index in [9.17, 15) is 29.4 Å². The number of rotatable bonds is 5. The van der Waals surface area contributed by atoms with Crippen molar-refractivity contribution < 1.29 is 24.6 Å². The molecule has 2 aliphatic heterocycles. The van der Waals surface area contributed by atoms with E-state index < -0.39 is 23.8 Å². The number of benzene rings is 1. The number of aliphatic carboxylic acids is 1. The van der Waals surface area contributed by atoms with Crippen molar-refractivity contribution in [3.63, 3.8) is 0 Å². The van der Waals surface area contributed by atoms with Crippen molar-refractivity contribution in [3.8, 4) is 5.75 Å². The van der Waals surface area contributed by atoms with Gasteiger partial charge in [-0.25, -0.2) is 4.79 Å². The number of carbonyl (C=O) groups is 3. The van der Waals surface area contributed by atoms with Crippen LogP contribution in [0.2, 0.25) is 0 Å². The minimum atomic E-state index is -1.15. The van der Waals surface area contributed by atoms with E-state index >= 15 is 0 Å². The molecule has 2 aliphatic carbocycles. The summed E-state index contributed by atoms with van der Waals surface area (Å²) in [6.45, 7) is 3.76. The van der Waals surface area contributed by atoms with Crippen LogP contribution >= 0.6 is 23.1 Å². The van der Waals surface area contributed by atoms with Gasteiger partial charge in [-0.15, -0.1) is 11.8 Å². The summed E-state index contributed by atoms with van der Waals surface area (Å²) in [6, 6.07) is 5.95. The molecule has 4 aliphatic rings. The third kappa shape index (κ3) is 3.18. The predicted octanol–water partition coefficient (Wildman–Crippen LogP) is 3.11. The molecule has 35 heavy (non-hydrogen) atoms. The molecule has 2 saturated carbocycles. The van der Waals surface area contributed by atoms with Gasteiger partial charge in [0.2, 0.25) is 11.8 Å². The molecule has 6 rings (SSSR count). The Balaban J connectivity index is 1.43. The van der Waals surface area contributed by atoms with E-state index in [0.717, 1.165) is 31.7 Å². The molecule has 3 N–H and O–H groups in total. The van der Waals surface area contributed by atoms with Gasteiger partial charge in [0.15, 0.2) is 0 Å². The lowest BCUT2D eigenvalue weighted by Gasteiger charge is -2.43. The van der Waals surface area contributed by atoms with Gasteiger partial charge >= 0.3 is 10.8 Å². The number of carbonyl (C=O) groups excluding carboxylic acids is 2. The maximum absolute atomic E-state index is 13.7. The Bertz CT molecular complexity index is 1300. The lowest BCUT2D eigenvalue weighted by molar-refractivity contribution is -0.156. The monoisotopic (exact) mass is 514 g/mol. The van der Waals surface area contributed by atoms with E-state index in [-0.39, 0.29) is 63.7 Å². The average molecular weight is 515 g/mol. The van der Waals surface area contributed by atoms with Gasteiger partial charge in [0.25, 0.3) is 0 Å². The maximum atomic E-state index is 13.7. The third-order valence-electron chi connectivity index (χ3n) is 8.32. The standard InChI is InChI=1S/C25H26N2O6S2/c1-9(2)7-13(24(31)32)27-22(29)17-11-8-12(18(17)23(27)30)19-16(11)15(10-5-3-4-6-14(10)28)20-21(34-19)26-25(33)35-20/h3-6,9,11-13,15-19,28H,7-8H2,1-2H3,(H,26,33)(H,31,32)/t11-,12-,13-,15-,16-,17+,18-,19+/m1/s1. The fourth-order valence-corrected chi connectivity index (χ4v) is 10.1. The summed E-state index contributed by atoms with van der Waals surface area (Å²) < 4.78 is 0. The molecule has 0 radical (unpaired) electrons. The summed E-state index contributed by atoms with van der Waals surface area (Å²) in [4.78, 5) is 56.3. The Labute approximate surface area is 209 Å². The highest BCUT2D eigenvalue weighted by molar-refractivity contribution is 8.00. The molecular weight excluding hydrogens is 488 g/mol. The second kappa shape index (κ2) is 7.96. The van der Waals surface area contributed by atoms with Gasteiger partial charge in [0, 0.05) is 21.6 Å². The summed E-state index contributed by atoms with van der Waals surface area (Å²) >= 11 is 2.71. The number of hydrogen-bond donors (Lipinski definition) is 3. The van der Waals surface area contributed by atoms with Gasteiger partial charge in [-0.1, -0.05) is 43.4 Å². The van der Waals surface area contributed by atoms with Crippen molar-refractivity contribution in [2.24, 2.45) is 35.5 Å². The Hall–Kier alpha value is -2.59. The molecule has 2 amide bonds. The molecule has 1 saturated heterocycles. The van der Waals surface area contributed by atoms with Crippen LogP contribution in [0, 0.1) is 35.5 Å². The van der Waals surface area contributed by atoms with E-state index in [0.29, 0.717) is 6.42 Å². The molecule has 2 aromatic rings. The summed E-state index contributed by atoms with van der Waals surface area (Å²) in [5.74, 6) is -3.28. The number of aromatic amines is 1. The van der Waals surface area contributed by atoms with Crippen molar-refractivity contribution in [3.05, 3.63) is 44.4 Å². The van der Waals surface area contributed by atoms with Crippen LogP contribution in [-0.4, -0.2) is 49.2 Å². The van der Waals surface area contributed by atoms with Crippen LogP contribution in [0.5, 0.6) is 5.75 Å². The second-order valence-electron chi connectivity index (χ2n) is 10.5. The molecule has 1 aromatic heterocycles. The minimum Gasteiger partial charge on any atom is -0.508 e. The van der Waals surface area contributed by atoms with E-state index in [4.69, 9.17) is 0 Å². The van der Waals surface area contributed by atoms with Crippen LogP contribution in [0.4, 0.5) is 0 Å². The van der Waals surface area contributed by atoms with E-state index in [1.807, 2.05) is 26.0 Å². The molecular formula is C25H26N2O6S2. The Morgan fingerprint density at radius 2 is 1.83 bits per heavy atom. The summed E-state index contributed by atoms with van der Waals surface area (Å²) in [7, 11) is 0. The number of aromatic nitrogens is 1. The van der Waals surface area contributed by atoms with Crippen LogP contribution in [0.3, 0.4) is 0 Å². The highest BCUT2D eigenvalue weighted by Crippen LogP contribution is 2.69. The number of likely N-dealkylation sites (tertiary alicyclic amines) is 1. The van der Waals surface area contributed by atoms with Gasteiger partial charge in [-0.2, -0.15) is 0 Å². The maximum Gasteiger partial charge on any atom is 0.326 e. The number of carboxylic acids is 1. The highest BCUT2D eigenvalue weighted by atomic mass is 32.2. The number of nitrogens with one attached hydrogen (secondary N) is 1. The average Bonchev–Trinajstić information content (AvgIpc) is 3.52. The van der Waals surface area contributed by atoms with Crippen LogP contribution < -0.4 is 4.87 Å². The number of nitrogens with zero attached hydrogens (tertiary/aromatic N) is 1. The zero-order chi connectivity index (χ0) is 24.8. The molecule has 8 atom stereocenters. The minimum absolute atomic E-state index is 0.00585. The lowest BCUT2D eigenvalue weighted by atomic mass is 9.68. The number of para-hydroxylation sites is 1. The van der Waals surface area contributed by atoms with Gasteiger partial charge in [0.1, 0.15) is 11.8 Å². The number of aromatic hydroxyl groups is 1. The first-order valence-corrected chi connectivity index (χ1v) is 13.7. The zero-order valence-electron chi connectivity index (χ0n) is 19.2. The Morgan fingerprint density at radius 1 is 1.14 bits per heavy atom. The number of phenolic OH excluding ortho intramolecular Hbond substituents is 1. The van der Waals surface area contributed by atoms with Gasteiger partial charge < -0.3 is 15.2 Å². The van der Waals surface area contributed by atoms with Crippen molar-refractivity contribution in [1.82, 2.24) is 9.88 Å². The molecule has 10 heteroatoms. The third-order valence-corrected chi connectivity index (χ3v) is 10.9. The number of phenols is 1. The number of carboxylic acid groups (broad SMARTS) is 1. The summed E-state index contributed by atoms with van der Waals surface area (Å²) in [6.07, 6.45) is 0.941. The topological polar surface area (TPSA) is 128 Å². The van der Waals surface area contributed by atoms with Crippen molar-refractivity contribution in [2.45, 2.75) is 48.9 Å². The Morgan fingerprint density at radius 3 is 2.49 bits per heavy atom. The number of fused-ring (bicyclic) bond motifs is 9. The number of imide groups is 1. The van der Waals surface area contributed by atoms with Crippen molar-refractivity contribution >= 4 is 40.9 Å². The van der Waals surface area contributed by atoms with E-state index in [1.54, 1.807) is 23.9 Å². The van der Waals surface area contributed by atoms with E-state index in [1.165, 1.54) is 0 Å². The molecule has 1 aromatic carbocycles. The molecule has 3 fully saturated rings. The van der Waals surface area contributed by atoms with Crippen molar-refractivity contribution in [1.29, 1.82) is 0 Å². The number of H-pyrrole nitrogens is 1. The van der Waals surface area contributed by atoms with Crippen molar-refractivity contribution in [2.75, 3.05) is 0 Å². The summed E-state index contributed by atoms with van der Waals surface area (Å²) in [5.41, 5.74) is 0.722. The molecule has 2 bridgehead atoms. The van der Waals surface area contributed by atoms with Gasteiger partial charge in [-0.05, 0) is 42.6 Å². The SMILES string of the molecule is CC(C)C[C@H](C(=O)O)N1C(=O)[C@@H]2[C@H]3C[C@@H]([C@@H]2C1=O)[C@@H]1[C@@H](c2ccccc2O)c2sc(=O)[nH]c2S[C@@H]31. The Kier molecular flexibility index (Phi) is 5.20. The first-order valence-electron chi connectivity index (χ1n) is 12.0. The van der Waals surface area contributed by atoms with Gasteiger partial charge in [-0.3, -0.25) is 19.3 Å². The smallest absolute Gasteiger partial charge is 0.326 e. The van der Waals surface area contributed by atoms with Crippen LogP contribution in [0.25, 0.3) is 0 Å². The largest absolute Gasteiger partial charge is 0.508 e. The van der Waals surface area contributed by atoms with Crippen LogP contribution in [0.15, 0.2) is 34.1 Å². The van der Waals surface area contributed by atoms with Crippen LogP contribution in [-0.2, 0) is 14.4 Å². The van der Waals surface area contributed by atoms with E-state index in [2.05, 4.69) is 4.98 Å². The lowest BCUT2D eigenvalue weighted by Crippen LogP contribution is -2.47. The first kappa shape index (κ1) is 22.8. The zero-order valence-corrected chi connectivity index (χ0v) is 20.8. The molecule has 184 valence electrons. The molecule has 8 nitrogen and oxygen atoms in total. The number of thiazole rings is 1. The quantitative estimate of drug-likeness (QED) is 0.523. The second-order valence-corrected chi connectivity index (χ2v) is 12.8.